The van der Waals surface area contributed by atoms with Crippen LogP contribution in [0.15, 0.2) is 72.9 Å². The number of phosphoric acid groups is 1. The summed E-state index contributed by atoms with van der Waals surface area (Å²) < 4.78 is 33.6. The summed E-state index contributed by atoms with van der Waals surface area (Å²) in [6.07, 6.45) is 41.0. The summed E-state index contributed by atoms with van der Waals surface area (Å²) in [6, 6.07) is 0. The van der Waals surface area contributed by atoms with E-state index in [0.29, 0.717) is 19.3 Å². The number of rotatable bonds is 42. The molecule has 0 bridgehead atoms. The van der Waals surface area contributed by atoms with Crippen LogP contribution in [0, 0.1) is 0 Å². The molecule has 0 aromatic carbocycles. The second-order valence-corrected chi connectivity index (χ2v) is 19.0. The van der Waals surface area contributed by atoms with Crippen molar-refractivity contribution in [3.05, 3.63) is 72.9 Å². The van der Waals surface area contributed by atoms with E-state index in [-0.39, 0.29) is 12.8 Å². The average molecular weight is 967 g/mol. The summed E-state index contributed by atoms with van der Waals surface area (Å²) in [4.78, 5) is 35.8. The van der Waals surface area contributed by atoms with Gasteiger partial charge in [-0.3, -0.25) is 18.6 Å². The monoisotopic (exact) mass is 967 g/mol. The van der Waals surface area contributed by atoms with Gasteiger partial charge in [-0.2, -0.15) is 0 Å². The number of carbonyl (C=O) groups excluding carboxylic acids is 2. The zero-order valence-electron chi connectivity index (χ0n) is 41.2. The zero-order chi connectivity index (χ0) is 49.2. The van der Waals surface area contributed by atoms with Crippen molar-refractivity contribution in [1.29, 1.82) is 0 Å². The van der Waals surface area contributed by atoms with Crippen LogP contribution in [0.4, 0.5) is 0 Å². The fourth-order valence-electron chi connectivity index (χ4n) is 7.44. The molecule has 386 valence electrons. The molecule has 1 fully saturated rings. The molecule has 0 heterocycles. The number of aliphatic hydroxyl groups excluding tert-OH is 5. The van der Waals surface area contributed by atoms with E-state index in [0.717, 1.165) is 57.8 Å². The quantitative estimate of drug-likeness (QED) is 0.0146. The van der Waals surface area contributed by atoms with E-state index in [1.54, 1.807) is 0 Å². The summed E-state index contributed by atoms with van der Waals surface area (Å²) in [5, 5.41) is 50.3. The van der Waals surface area contributed by atoms with Crippen LogP contribution in [0.2, 0.25) is 0 Å². The lowest BCUT2D eigenvalue weighted by Gasteiger charge is -2.41. The molecule has 13 nitrogen and oxygen atoms in total. The Balaban J connectivity index is 2.43. The Kier molecular flexibility index (Phi) is 39.2. The number of carbonyl (C=O) groups is 2. The number of hydrogen-bond acceptors (Lipinski definition) is 12. The maximum Gasteiger partial charge on any atom is 0.472 e. The van der Waals surface area contributed by atoms with Crippen molar-refractivity contribution in [1.82, 2.24) is 0 Å². The standard InChI is InChI=1S/C53H91O13P/c1-3-5-7-9-11-13-15-17-19-21-22-23-24-26-28-30-32-34-36-38-40-42-47(55)65-45(44-64-67(61,62)66-53-51(59)49(57)48(56)50(58)52(53)60)43-63-46(54)41-39-37-35-33-31-29-27-25-20-18-16-14-12-10-8-6-4-2/h6,8,12,14,17-20,27,29,33,35,45,48-53,56-60H,3-5,7,9-11,13,15-16,21-26,28,30-32,34,36-44H2,1-2H3,(H,61,62)/b8-6+,14-12+,19-17+,20-18+,29-27+,35-33+/t45-,48?,49-,50?,51?,52?,53?/m1/s1. The number of aliphatic hydroxyl groups is 5. The molecule has 0 aromatic heterocycles. The maximum atomic E-state index is 12.8. The van der Waals surface area contributed by atoms with E-state index in [9.17, 15) is 44.6 Å². The molecule has 8 atom stereocenters. The van der Waals surface area contributed by atoms with Gasteiger partial charge in [0.2, 0.25) is 0 Å². The Morgan fingerprint density at radius 1 is 0.478 bits per heavy atom. The topological polar surface area (TPSA) is 210 Å². The molecule has 0 saturated heterocycles. The fraction of sp³-hybridized carbons (Fsp3) is 0.736. The highest BCUT2D eigenvalue weighted by atomic mass is 31.2. The van der Waals surface area contributed by atoms with E-state index in [1.807, 2.05) is 12.2 Å². The fourth-order valence-corrected chi connectivity index (χ4v) is 8.41. The lowest BCUT2D eigenvalue weighted by atomic mass is 9.85. The molecule has 0 aromatic rings. The van der Waals surface area contributed by atoms with E-state index in [1.165, 1.54) is 89.9 Å². The minimum Gasteiger partial charge on any atom is -0.462 e. The highest BCUT2D eigenvalue weighted by Gasteiger charge is 2.51. The first kappa shape index (κ1) is 62.3. The SMILES string of the molecule is CC/C=C/C/C=C/C/C=C/C/C=C/C/C=C/CCCC(=O)OC[C@H](COP(=O)(O)OC1C(O)C(O)C(O)[C@@H](O)C1O)OC(=O)CCCCCCCCCCCCC/C=C/CCCCCCCC. The van der Waals surface area contributed by atoms with Gasteiger partial charge in [0.25, 0.3) is 0 Å². The first-order valence-electron chi connectivity index (χ1n) is 25.7. The van der Waals surface area contributed by atoms with Crippen LogP contribution in [0.5, 0.6) is 0 Å². The lowest BCUT2D eigenvalue weighted by Crippen LogP contribution is -2.64. The van der Waals surface area contributed by atoms with Crippen LogP contribution in [0.25, 0.3) is 0 Å². The van der Waals surface area contributed by atoms with Gasteiger partial charge in [0.15, 0.2) is 6.10 Å². The molecule has 1 rings (SSSR count). The van der Waals surface area contributed by atoms with Crippen molar-refractivity contribution < 1.29 is 63.1 Å². The van der Waals surface area contributed by atoms with Crippen molar-refractivity contribution in [2.24, 2.45) is 0 Å². The molecule has 1 aliphatic rings. The highest BCUT2D eigenvalue weighted by molar-refractivity contribution is 7.47. The predicted octanol–water partition coefficient (Wildman–Crippen LogP) is 11.1. The second kappa shape index (κ2) is 42.2. The Hall–Kier alpha value is -2.71. The van der Waals surface area contributed by atoms with Crippen LogP contribution in [0.1, 0.15) is 194 Å². The number of ether oxygens (including phenoxy) is 2. The maximum absolute atomic E-state index is 12.8. The molecule has 1 aliphatic carbocycles. The van der Waals surface area contributed by atoms with Crippen LogP contribution in [-0.2, 0) is 32.7 Å². The molecule has 67 heavy (non-hydrogen) atoms. The number of phosphoric ester groups is 1. The molecule has 0 radical (unpaired) electrons. The molecule has 0 amide bonds. The summed E-state index contributed by atoms with van der Waals surface area (Å²) in [5.41, 5.74) is 0. The van der Waals surface area contributed by atoms with Gasteiger partial charge in [0, 0.05) is 12.8 Å². The Morgan fingerprint density at radius 2 is 0.866 bits per heavy atom. The average Bonchev–Trinajstić information content (AvgIpc) is 3.31. The minimum atomic E-state index is -5.14. The molecule has 6 unspecified atom stereocenters. The number of unbranched alkanes of at least 4 members (excludes halogenated alkanes) is 18. The summed E-state index contributed by atoms with van der Waals surface area (Å²) in [5.74, 6) is -1.17. The molecule has 14 heteroatoms. The Bertz CT molecular complexity index is 1440. The summed E-state index contributed by atoms with van der Waals surface area (Å²) >= 11 is 0. The molecule has 6 N–H and O–H groups in total. The van der Waals surface area contributed by atoms with Gasteiger partial charge < -0.3 is 39.9 Å². The van der Waals surface area contributed by atoms with Gasteiger partial charge in [-0.1, -0.05) is 177 Å². The first-order chi connectivity index (χ1) is 32.4. The normalized spacial score (nSPS) is 21.7. The third-order valence-corrected chi connectivity index (χ3v) is 12.5. The van der Waals surface area contributed by atoms with Crippen molar-refractivity contribution >= 4 is 19.8 Å². The van der Waals surface area contributed by atoms with E-state index >= 15 is 0 Å². The van der Waals surface area contributed by atoms with Crippen LogP contribution >= 0.6 is 7.82 Å². The van der Waals surface area contributed by atoms with Gasteiger partial charge in [0.05, 0.1) is 6.61 Å². The van der Waals surface area contributed by atoms with Gasteiger partial charge in [-0.15, -0.1) is 0 Å². The molecule has 1 saturated carbocycles. The molecular formula is C53H91O13P. The van der Waals surface area contributed by atoms with Crippen LogP contribution < -0.4 is 0 Å². The van der Waals surface area contributed by atoms with Gasteiger partial charge in [-0.25, -0.2) is 4.57 Å². The summed E-state index contributed by atoms with van der Waals surface area (Å²) in [7, 11) is -5.14. The van der Waals surface area contributed by atoms with Gasteiger partial charge in [0.1, 0.15) is 43.2 Å². The second-order valence-electron chi connectivity index (χ2n) is 17.6. The van der Waals surface area contributed by atoms with Crippen LogP contribution in [0.3, 0.4) is 0 Å². The zero-order valence-corrected chi connectivity index (χ0v) is 42.1. The number of allylic oxidation sites excluding steroid dienone is 12. The van der Waals surface area contributed by atoms with Crippen molar-refractivity contribution in [2.75, 3.05) is 13.2 Å². The van der Waals surface area contributed by atoms with Gasteiger partial charge >= 0.3 is 19.8 Å². The van der Waals surface area contributed by atoms with Crippen LogP contribution in [-0.4, -0.2) is 98.3 Å². The largest absolute Gasteiger partial charge is 0.472 e. The first-order valence-corrected chi connectivity index (χ1v) is 27.2. The molecule has 0 aliphatic heterocycles. The van der Waals surface area contributed by atoms with Crippen molar-refractivity contribution in [2.45, 2.75) is 236 Å². The van der Waals surface area contributed by atoms with E-state index in [2.05, 4.69) is 74.6 Å². The highest BCUT2D eigenvalue weighted by Crippen LogP contribution is 2.47. The molecular weight excluding hydrogens is 876 g/mol. The minimum absolute atomic E-state index is 0.0811. The number of esters is 2. The summed E-state index contributed by atoms with van der Waals surface area (Å²) in [6.45, 7) is 3.15. The Labute approximate surface area is 404 Å². The van der Waals surface area contributed by atoms with E-state index < -0.39 is 75.7 Å². The third-order valence-electron chi connectivity index (χ3n) is 11.5. The van der Waals surface area contributed by atoms with Crippen molar-refractivity contribution in [3.8, 4) is 0 Å². The molecule has 0 spiro atoms. The Morgan fingerprint density at radius 3 is 1.36 bits per heavy atom. The lowest BCUT2D eigenvalue weighted by molar-refractivity contribution is -0.220. The van der Waals surface area contributed by atoms with Gasteiger partial charge in [-0.05, 0) is 77.0 Å². The van der Waals surface area contributed by atoms with Crippen molar-refractivity contribution in [3.63, 3.8) is 0 Å². The van der Waals surface area contributed by atoms with E-state index in [4.69, 9.17) is 18.5 Å². The third kappa shape index (κ3) is 34.3. The predicted molar refractivity (Wildman–Crippen MR) is 267 cm³/mol. The smallest absolute Gasteiger partial charge is 0.462 e. The number of hydrogen-bond donors (Lipinski definition) is 6.